The Bertz CT molecular complexity index is 3560. The van der Waals surface area contributed by atoms with Crippen molar-refractivity contribution in [2.75, 3.05) is 0 Å². The number of hydrogen-bond donors (Lipinski definition) is 0. The van der Waals surface area contributed by atoms with Gasteiger partial charge in [-0.05, 0) is 83.9 Å². The van der Waals surface area contributed by atoms with Crippen molar-refractivity contribution in [2.24, 2.45) is 0 Å². The molecule has 0 aliphatic rings. The molecule has 238 valence electrons. The van der Waals surface area contributed by atoms with E-state index in [-0.39, 0.29) is 16.8 Å². The maximum Gasteiger partial charge on any atom is 0.0645 e. The summed E-state index contributed by atoms with van der Waals surface area (Å²) in [5, 5.41) is 6.26. The van der Waals surface area contributed by atoms with Gasteiger partial charge in [0.25, 0.3) is 0 Å². The Morgan fingerprint density at radius 2 is 0.647 bits per heavy atom. The summed E-state index contributed by atoms with van der Waals surface area (Å²) in [6.07, 6.45) is 0. The molecular weight excluding hydrogens is 619 g/mol. The Balaban J connectivity index is 1.13. The van der Waals surface area contributed by atoms with Crippen LogP contribution in [0.1, 0.15) is 12.3 Å². The molecule has 0 amide bonds. The molecular formula is C48H31N3. The molecule has 11 rings (SSSR count). The molecule has 8 aromatic carbocycles. The van der Waals surface area contributed by atoms with Gasteiger partial charge in [0.05, 0.1) is 45.4 Å². The number of hydrogen-bond acceptors (Lipinski definition) is 0. The minimum absolute atomic E-state index is 0.00507. The predicted octanol–water partition coefficient (Wildman–Crippen LogP) is 12.6. The fourth-order valence-electron chi connectivity index (χ4n) is 7.84. The standard InChI is InChI=1S/C48H31N3/c1-2-12-32(13-3-1)33-22-24-34(25-23-33)49-45-20-10-6-16-39(45)41-31-36(26-28-47(41)49)51-46-21-11-7-17-40(46)42-30-35(27-29-48(42)51)50-43-18-8-4-14-37(43)38-15-5-9-19-44(38)50/h1-31H/i1D,2D,3D,12D,13D,22D,23D,24D,25D. The van der Waals surface area contributed by atoms with Gasteiger partial charge >= 0.3 is 0 Å². The van der Waals surface area contributed by atoms with E-state index in [0.717, 1.165) is 55.0 Å². The summed E-state index contributed by atoms with van der Waals surface area (Å²) in [5.74, 6) is 0. The molecule has 0 radical (unpaired) electrons. The smallest absolute Gasteiger partial charge is 0.0645 e. The lowest BCUT2D eigenvalue weighted by molar-refractivity contribution is 1.16. The summed E-state index contributed by atoms with van der Waals surface area (Å²) >= 11 is 0. The molecule has 0 N–H and O–H groups in total. The highest BCUT2D eigenvalue weighted by atomic mass is 15.0. The largest absolute Gasteiger partial charge is 0.309 e. The number of rotatable bonds is 4. The molecule has 11 aromatic rings. The van der Waals surface area contributed by atoms with Gasteiger partial charge in [0.15, 0.2) is 0 Å². The Hall–Kier alpha value is -6.84. The summed E-state index contributed by atoms with van der Waals surface area (Å²) in [4.78, 5) is 0. The third kappa shape index (κ3) is 4.12. The van der Waals surface area contributed by atoms with Gasteiger partial charge in [-0.25, -0.2) is 0 Å². The lowest BCUT2D eigenvalue weighted by Crippen LogP contribution is -1.96. The summed E-state index contributed by atoms with van der Waals surface area (Å²) in [5.41, 5.74) is 6.87. The van der Waals surface area contributed by atoms with Crippen LogP contribution in [0.3, 0.4) is 0 Å². The van der Waals surface area contributed by atoms with Crippen LogP contribution in [-0.4, -0.2) is 13.7 Å². The maximum atomic E-state index is 9.26. The quantitative estimate of drug-likeness (QED) is 0.179. The van der Waals surface area contributed by atoms with Crippen LogP contribution in [0.4, 0.5) is 0 Å². The van der Waals surface area contributed by atoms with Crippen LogP contribution in [0.5, 0.6) is 0 Å². The van der Waals surface area contributed by atoms with Gasteiger partial charge in [0.2, 0.25) is 0 Å². The van der Waals surface area contributed by atoms with Crippen molar-refractivity contribution in [1.29, 1.82) is 0 Å². The molecule has 0 aliphatic carbocycles. The van der Waals surface area contributed by atoms with Crippen LogP contribution < -0.4 is 0 Å². The zero-order valence-corrected chi connectivity index (χ0v) is 27.0. The van der Waals surface area contributed by atoms with E-state index in [0.29, 0.717) is 11.0 Å². The summed E-state index contributed by atoms with van der Waals surface area (Å²) in [7, 11) is 0. The highest BCUT2D eigenvalue weighted by Gasteiger charge is 2.18. The van der Waals surface area contributed by atoms with Crippen molar-refractivity contribution in [2.45, 2.75) is 0 Å². The van der Waals surface area contributed by atoms with Crippen molar-refractivity contribution in [1.82, 2.24) is 13.7 Å². The zero-order chi connectivity index (χ0) is 41.3. The zero-order valence-electron chi connectivity index (χ0n) is 36.0. The molecule has 0 aliphatic heterocycles. The molecule has 3 nitrogen and oxygen atoms in total. The fourth-order valence-corrected chi connectivity index (χ4v) is 7.84. The van der Waals surface area contributed by atoms with Crippen LogP contribution >= 0.6 is 0 Å². The second-order valence-corrected chi connectivity index (χ2v) is 12.7. The van der Waals surface area contributed by atoms with Crippen molar-refractivity contribution >= 4 is 65.4 Å². The first-order chi connectivity index (χ1) is 29.1. The average Bonchev–Trinajstić information content (AvgIpc) is 3.91. The van der Waals surface area contributed by atoms with Crippen LogP contribution in [-0.2, 0) is 0 Å². The number of nitrogens with zero attached hydrogens (tertiary/aromatic N) is 3. The summed E-state index contributed by atoms with van der Waals surface area (Å²) < 4.78 is 84.5. The molecule has 3 aromatic heterocycles. The van der Waals surface area contributed by atoms with E-state index in [1.165, 1.54) is 10.8 Å². The van der Waals surface area contributed by atoms with Crippen LogP contribution in [0.2, 0.25) is 0 Å². The van der Waals surface area contributed by atoms with E-state index in [2.05, 4.69) is 100 Å². The van der Waals surface area contributed by atoms with Gasteiger partial charge in [-0.15, -0.1) is 0 Å². The first kappa shape index (κ1) is 20.6. The van der Waals surface area contributed by atoms with Gasteiger partial charge < -0.3 is 13.7 Å². The SMILES string of the molecule is [2H]c1c([2H])c([2H])c(-c2c([2H])c([2H])c(-n3c4ccccc4c4cc(-n5c6ccccc6c6cc(-n7c8ccccc8c8ccccc87)ccc65)ccc43)c([2H])c2[2H])c([2H])c1[2H]. The van der Waals surface area contributed by atoms with Crippen LogP contribution in [0, 0.1) is 0 Å². The second-order valence-electron chi connectivity index (χ2n) is 12.7. The molecule has 3 heteroatoms. The Morgan fingerprint density at radius 3 is 1.10 bits per heavy atom. The Morgan fingerprint density at radius 1 is 0.294 bits per heavy atom. The average molecular weight is 659 g/mol. The molecule has 0 saturated carbocycles. The van der Waals surface area contributed by atoms with Crippen LogP contribution in [0.25, 0.3) is 93.6 Å². The van der Waals surface area contributed by atoms with E-state index in [1.54, 1.807) is 4.57 Å². The molecule has 0 atom stereocenters. The lowest BCUT2D eigenvalue weighted by Gasteiger charge is -2.12. The van der Waals surface area contributed by atoms with Gasteiger partial charge in [-0.1, -0.05) is 115 Å². The minimum Gasteiger partial charge on any atom is -0.309 e. The Labute approximate surface area is 307 Å². The van der Waals surface area contributed by atoms with E-state index < -0.39 is 54.4 Å². The minimum atomic E-state index is -0.614. The third-order valence-electron chi connectivity index (χ3n) is 9.99. The van der Waals surface area contributed by atoms with E-state index >= 15 is 0 Å². The number of para-hydroxylation sites is 4. The molecule has 0 unspecified atom stereocenters. The molecule has 0 saturated heterocycles. The molecule has 51 heavy (non-hydrogen) atoms. The van der Waals surface area contributed by atoms with Crippen molar-refractivity contribution in [3.63, 3.8) is 0 Å². The first-order valence-electron chi connectivity index (χ1n) is 21.3. The van der Waals surface area contributed by atoms with Gasteiger partial charge in [0.1, 0.15) is 0 Å². The van der Waals surface area contributed by atoms with E-state index in [4.69, 9.17) is 9.60 Å². The van der Waals surface area contributed by atoms with Gasteiger partial charge in [0, 0.05) is 49.4 Å². The Kier molecular flexibility index (Phi) is 4.38. The maximum absolute atomic E-state index is 9.26. The monoisotopic (exact) mass is 658 g/mol. The number of benzene rings is 8. The third-order valence-corrected chi connectivity index (χ3v) is 9.99. The number of aromatic nitrogens is 3. The van der Waals surface area contributed by atoms with Crippen molar-refractivity contribution in [3.8, 4) is 28.2 Å². The van der Waals surface area contributed by atoms with Crippen molar-refractivity contribution < 1.29 is 12.3 Å². The summed E-state index contributed by atoms with van der Waals surface area (Å²) in [6, 6.07) is 40.7. The summed E-state index contributed by atoms with van der Waals surface area (Å²) in [6.45, 7) is 0. The first-order valence-corrected chi connectivity index (χ1v) is 16.8. The number of fused-ring (bicyclic) bond motifs is 9. The highest BCUT2D eigenvalue weighted by Crippen LogP contribution is 2.39. The van der Waals surface area contributed by atoms with E-state index in [1.807, 2.05) is 42.5 Å². The van der Waals surface area contributed by atoms with E-state index in [9.17, 15) is 2.74 Å². The second kappa shape index (κ2) is 10.8. The fraction of sp³-hybridized carbons (Fsp3) is 0. The molecule has 0 spiro atoms. The molecule has 3 heterocycles. The van der Waals surface area contributed by atoms with Gasteiger partial charge in [-0.3, -0.25) is 0 Å². The lowest BCUT2D eigenvalue weighted by atomic mass is 10.1. The predicted molar refractivity (Wildman–Crippen MR) is 215 cm³/mol. The van der Waals surface area contributed by atoms with Crippen molar-refractivity contribution in [3.05, 3.63) is 188 Å². The van der Waals surface area contributed by atoms with Crippen LogP contribution in [0.15, 0.2) is 188 Å². The normalized spacial score (nSPS) is 14.4. The molecule has 0 fully saturated rings. The molecule has 0 bridgehead atoms. The topological polar surface area (TPSA) is 14.8 Å². The highest BCUT2D eigenvalue weighted by molar-refractivity contribution is 6.13. The van der Waals surface area contributed by atoms with Gasteiger partial charge in [-0.2, -0.15) is 0 Å².